The Bertz CT molecular complexity index is 1010. The lowest BCUT2D eigenvalue weighted by atomic mass is 10.1. The van der Waals surface area contributed by atoms with Crippen molar-refractivity contribution in [2.24, 2.45) is 4.99 Å². The molecule has 27 heavy (non-hydrogen) atoms. The molecule has 2 aromatic carbocycles. The topological polar surface area (TPSA) is 66.8 Å². The number of aryl methyl sites for hydroxylation is 2. The smallest absolute Gasteiger partial charge is 0.279 e. The summed E-state index contributed by atoms with van der Waals surface area (Å²) in [5.41, 5.74) is 3.60. The lowest BCUT2D eigenvalue weighted by molar-refractivity contribution is 0.100. The van der Waals surface area contributed by atoms with Crippen molar-refractivity contribution in [2.75, 3.05) is 16.4 Å². The molecule has 0 bridgehead atoms. The van der Waals surface area contributed by atoms with Crippen LogP contribution in [0.3, 0.4) is 0 Å². The van der Waals surface area contributed by atoms with Crippen LogP contribution in [0.25, 0.3) is 0 Å². The van der Waals surface area contributed by atoms with E-state index in [1.165, 1.54) is 11.8 Å². The molecule has 2 fully saturated rings. The average Bonchev–Trinajstić information content (AvgIpc) is 3.05. The molecule has 2 aliphatic heterocycles. The minimum atomic E-state index is -3.07. The van der Waals surface area contributed by atoms with Crippen LogP contribution in [0.1, 0.15) is 21.5 Å². The molecule has 2 heterocycles. The molecule has 0 aliphatic carbocycles. The minimum absolute atomic E-state index is 0.0935. The summed E-state index contributed by atoms with van der Waals surface area (Å²) in [7, 11) is -3.07. The van der Waals surface area contributed by atoms with Gasteiger partial charge >= 0.3 is 0 Å². The molecule has 7 heteroatoms. The highest BCUT2D eigenvalue weighted by atomic mass is 32.2. The summed E-state index contributed by atoms with van der Waals surface area (Å²) in [5.74, 6) is -0.0893. The van der Waals surface area contributed by atoms with Gasteiger partial charge in [-0.15, -0.1) is 0 Å². The highest BCUT2D eigenvalue weighted by Crippen LogP contribution is 2.41. The van der Waals surface area contributed by atoms with E-state index in [-0.39, 0.29) is 28.7 Å². The summed E-state index contributed by atoms with van der Waals surface area (Å²) in [5, 5.41) is 0.483. The fourth-order valence-electron chi connectivity index (χ4n) is 3.69. The number of thioether (sulfide) groups is 1. The molecule has 0 aromatic heterocycles. The average molecular weight is 401 g/mol. The third-order valence-corrected chi connectivity index (χ3v) is 7.98. The van der Waals surface area contributed by atoms with Crippen LogP contribution in [0.15, 0.2) is 53.5 Å². The fourth-order valence-corrected chi connectivity index (χ4v) is 7.60. The van der Waals surface area contributed by atoms with Crippen molar-refractivity contribution < 1.29 is 13.2 Å². The third kappa shape index (κ3) is 3.66. The molecular weight excluding hydrogens is 380 g/mol. The summed E-state index contributed by atoms with van der Waals surface area (Å²) < 4.78 is 24.3. The van der Waals surface area contributed by atoms with Crippen molar-refractivity contribution in [2.45, 2.75) is 25.1 Å². The Kier molecular flexibility index (Phi) is 4.60. The number of nitrogens with zero attached hydrogens (tertiary/aromatic N) is 2. The lowest BCUT2D eigenvalue weighted by Crippen LogP contribution is -2.37. The zero-order valence-corrected chi connectivity index (χ0v) is 16.8. The lowest BCUT2D eigenvalue weighted by Gasteiger charge is -2.25. The van der Waals surface area contributed by atoms with E-state index in [0.29, 0.717) is 10.7 Å². The van der Waals surface area contributed by atoms with Gasteiger partial charge in [-0.1, -0.05) is 36.0 Å². The van der Waals surface area contributed by atoms with Gasteiger partial charge in [0.2, 0.25) is 0 Å². The van der Waals surface area contributed by atoms with Crippen LogP contribution in [0.5, 0.6) is 0 Å². The predicted octanol–water partition coefficient (Wildman–Crippen LogP) is 3.22. The molecule has 2 atom stereocenters. The Balaban J connectivity index is 1.76. The molecule has 1 amide bonds. The van der Waals surface area contributed by atoms with Gasteiger partial charge in [-0.3, -0.25) is 4.79 Å². The van der Waals surface area contributed by atoms with E-state index < -0.39 is 9.84 Å². The number of amidine groups is 1. The van der Waals surface area contributed by atoms with Gasteiger partial charge in [-0.2, -0.15) is 4.99 Å². The van der Waals surface area contributed by atoms with Gasteiger partial charge < -0.3 is 4.90 Å². The summed E-state index contributed by atoms with van der Waals surface area (Å²) in [6.45, 7) is 4.02. The number of rotatable bonds is 2. The molecular formula is C20H20N2O3S2. The standard InChI is InChI=1S/C20H20N2O3S2/c1-13-8-14(2)10-16(9-13)22-17-11-27(24,25)12-18(17)26-20(22)21-19(23)15-6-4-3-5-7-15/h3-10,17-18H,11-12H2,1-2H3/t17-,18-/m1/s1. The zero-order valence-electron chi connectivity index (χ0n) is 15.1. The minimum Gasteiger partial charge on any atom is -0.316 e. The quantitative estimate of drug-likeness (QED) is 0.774. The summed E-state index contributed by atoms with van der Waals surface area (Å²) in [6, 6.07) is 14.8. The number of sulfone groups is 1. The summed E-state index contributed by atoms with van der Waals surface area (Å²) in [4.78, 5) is 18.9. The Hall–Kier alpha value is -2.12. The first-order chi connectivity index (χ1) is 12.8. The van der Waals surface area contributed by atoms with Crippen molar-refractivity contribution in [3.8, 4) is 0 Å². The first-order valence-corrected chi connectivity index (χ1v) is 11.5. The van der Waals surface area contributed by atoms with Crippen LogP contribution in [0.4, 0.5) is 5.69 Å². The maximum atomic E-state index is 12.6. The van der Waals surface area contributed by atoms with Crippen molar-refractivity contribution in [1.82, 2.24) is 0 Å². The fraction of sp³-hybridized carbons (Fsp3) is 0.300. The van der Waals surface area contributed by atoms with Gasteiger partial charge in [-0.25, -0.2) is 8.42 Å². The first kappa shape index (κ1) is 18.3. The second kappa shape index (κ2) is 6.80. The van der Waals surface area contributed by atoms with E-state index in [4.69, 9.17) is 0 Å². The zero-order chi connectivity index (χ0) is 19.2. The third-order valence-electron chi connectivity index (χ3n) is 4.77. The van der Waals surface area contributed by atoms with E-state index in [1.54, 1.807) is 24.3 Å². The van der Waals surface area contributed by atoms with E-state index in [1.807, 2.05) is 36.9 Å². The number of aliphatic imine (C=N–C) groups is 1. The number of hydrogen-bond donors (Lipinski definition) is 0. The highest BCUT2D eigenvalue weighted by molar-refractivity contribution is 8.16. The first-order valence-electron chi connectivity index (χ1n) is 8.75. The Labute approximate surface area is 163 Å². The Morgan fingerprint density at radius 1 is 1.07 bits per heavy atom. The molecule has 2 aliphatic rings. The van der Waals surface area contributed by atoms with E-state index in [2.05, 4.69) is 11.1 Å². The molecule has 0 spiro atoms. The normalized spacial score (nSPS) is 25.0. The number of hydrogen-bond acceptors (Lipinski definition) is 4. The van der Waals surface area contributed by atoms with Crippen LogP contribution in [-0.2, 0) is 9.84 Å². The Morgan fingerprint density at radius 3 is 2.41 bits per heavy atom. The maximum absolute atomic E-state index is 12.6. The predicted molar refractivity (Wildman–Crippen MR) is 110 cm³/mol. The number of anilines is 1. The number of fused-ring (bicyclic) bond motifs is 1. The van der Waals surface area contributed by atoms with Gasteiger partial charge in [0.15, 0.2) is 15.0 Å². The van der Waals surface area contributed by atoms with Crippen LogP contribution < -0.4 is 4.90 Å². The van der Waals surface area contributed by atoms with Gasteiger partial charge in [0.05, 0.1) is 17.5 Å². The number of carbonyl (C=O) groups is 1. The second-order valence-electron chi connectivity index (χ2n) is 7.08. The van der Waals surface area contributed by atoms with Gasteiger partial charge in [0, 0.05) is 16.5 Å². The van der Waals surface area contributed by atoms with Crippen LogP contribution in [0.2, 0.25) is 0 Å². The highest BCUT2D eigenvalue weighted by Gasteiger charge is 2.49. The molecule has 2 saturated heterocycles. The van der Waals surface area contributed by atoms with Crippen molar-refractivity contribution in [3.63, 3.8) is 0 Å². The van der Waals surface area contributed by atoms with Crippen molar-refractivity contribution in [1.29, 1.82) is 0 Å². The summed E-state index contributed by atoms with van der Waals surface area (Å²) in [6.07, 6.45) is 0. The molecule has 0 radical (unpaired) electrons. The van der Waals surface area contributed by atoms with Crippen LogP contribution in [-0.4, -0.2) is 42.3 Å². The number of carbonyl (C=O) groups excluding carboxylic acids is 1. The number of amides is 1. The second-order valence-corrected chi connectivity index (χ2v) is 10.4. The molecule has 2 aromatic rings. The SMILES string of the molecule is Cc1cc(C)cc(N2C(=NC(=O)c3ccccc3)S[C@@H]3CS(=O)(=O)C[C@H]32)c1. The van der Waals surface area contributed by atoms with Gasteiger partial charge in [0.25, 0.3) is 5.91 Å². The Morgan fingerprint density at radius 2 is 1.74 bits per heavy atom. The molecule has 0 N–H and O–H groups in total. The van der Waals surface area contributed by atoms with Gasteiger partial charge in [0.1, 0.15) is 0 Å². The molecule has 0 saturated carbocycles. The molecule has 4 rings (SSSR count). The van der Waals surface area contributed by atoms with E-state index in [9.17, 15) is 13.2 Å². The van der Waals surface area contributed by atoms with Crippen molar-refractivity contribution in [3.05, 3.63) is 65.2 Å². The van der Waals surface area contributed by atoms with Gasteiger partial charge in [-0.05, 0) is 49.2 Å². The van der Waals surface area contributed by atoms with Crippen LogP contribution >= 0.6 is 11.8 Å². The van der Waals surface area contributed by atoms with E-state index >= 15 is 0 Å². The maximum Gasteiger partial charge on any atom is 0.279 e. The molecule has 140 valence electrons. The monoisotopic (exact) mass is 400 g/mol. The molecule has 5 nitrogen and oxygen atoms in total. The molecule has 0 unspecified atom stereocenters. The largest absolute Gasteiger partial charge is 0.316 e. The van der Waals surface area contributed by atoms with E-state index in [0.717, 1.165) is 16.8 Å². The van der Waals surface area contributed by atoms with Crippen LogP contribution in [0, 0.1) is 13.8 Å². The van der Waals surface area contributed by atoms with Crippen molar-refractivity contribution >= 4 is 38.4 Å². The number of benzene rings is 2. The summed E-state index contributed by atoms with van der Waals surface area (Å²) >= 11 is 1.40.